The average molecular weight is 298 g/mol. The van der Waals surface area contributed by atoms with E-state index in [2.05, 4.69) is 21.2 Å². The summed E-state index contributed by atoms with van der Waals surface area (Å²) in [5, 5.41) is 2.80. The zero-order valence-corrected chi connectivity index (χ0v) is 11.4. The Labute approximate surface area is 110 Å². The van der Waals surface area contributed by atoms with Gasteiger partial charge in [-0.2, -0.15) is 0 Å². The molecule has 0 fully saturated rings. The van der Waals surface area contributed by atoms with Crippen LogP contribution in [0.2, 0.25) is 0 Å². The van der Waals surface area contributed by atoms with Crippen molar-refractivity contribution in [1.82, 2.24) is 5.32 Å². The van der Waals surface area contributed by atoms with E-state index >= 15 is 0 Å². The Balaban J connectivity index is 2.23. The summed E-state index contributed by atoms with van der Waals surface area (Å²) in [7, 11) is 0. The Kier molecular flexibility index (Phi) is 5.91. The van der Waals surface area contributed by atoms with E-state index in [1.54, 1.807) is 0 Å². The van der Waals surface area contributed by atoms with Gasteiger partial charge in [-0.15, -0.1) is 0 Å². The van der Waals surface area contributed by atoms with E-state index in [4.69, 9.17) is 0 Å². The third-order valence-electron chi connectivity index (χ3n) is 2.33. The molecule has 0 aliphatic rings. The molecule has 0 aliphatic heterocycles. The number of nitrogens with one attached hydrogen (secondary N) is 1. The van der Waals surface area contributed by atoms with Crippen molar-refractivity contribution in [3.63, 3.8) is 0 Å². The van der Waals surface area contributed by atoms with Gasteiger partial charge in [0.05, 0.1) is 0 Å². The fourth-order valence-corrected chi connectivity index (χ4v) is 1.86. The van der Waals surface area contributed by atoms with Crippen molar-refractivity contribution in [3.05, 3.63) is 34.3 Å². The summed E-state index contributed by atoms with van der Waals surface area (Å²) in [6, 6.07) is 7.99. The van der Waals surface area contributed by atoms with Crippen LogP contribution in [0.1, 0.15) is 25.3 Å². The first-order chi connectivity index (χ1) is 8.08. The van der Waals surface area contributed by atoms with Gasteiger partial charge in [0.15, 0.2) is 0 Å². The lowest BCUT2D eigenvalue weighted by molar-refractivity contribution is -0.124. The molecule has 3 nitrogen and oxygen atoms in total. The molecule has 1 amide bonds. The van der Waals surface area contributed by atoms with Crippen molar-refractivity contribution < 1.29 is 9.59 Å². The van der Waals surface area contributed by atoms with E-state index < -0.39 is 0 Å². The van der Waals surface area contributed by atoms with Crippen LogP contribution in [-0.4, -0.2) is 18.2 Å². The molecule has 0 spiro atoms. The lowest BCUT2D eigenvalue weighted by Crippen LogP contribution is -2.25. The molecule has 4 heteroatoms. The zero-order chi connectivity index (χ0) is 12.7. The smallest absolute Gasteiger partial charge is 0.220 e. The Morgan fingerprint density at radius 1 is 1.29 bits per heavy atom. The van der Waals surface area contributed by atoms with Gasteiger partial charge in [-0.3, -0.25) is 4.79 Å². The number of hydrogen-bond acceptors (Lipinski definition) is 2. The summed E-state index contributed by atoms with van der Waals surface area (Å²) < 4.78 is 1.04. The summed E-state index contributed by atoms with van der Waals surface area (Å²) in [5.74, 6) is -0.0117. The van der Waals surface area contributed by atoms with Gasteiger partial charge in [0.1, 0.15) is 5.78 Å². The second kappa shape index (κ2) is 7.22. The first-order valence-corrected chi connectivity index (χ1v) is 6.38. The second-order valence-corrected chi connectivity index (χ2v) is 4.85. The fraction of sp³-hybridized carbons (Fsp3) is 0.385. The predicted molar refractivity (Wildman–Crippen MR) is 70.8 cm³/mol. The van der Waals surface area contributed by atoms with Gasteiger partial charge < -0.3 is 10.1 Å². The topological polar surface area (TPSA) is 46.2 Å². The molecule has 0 saturated heterocycles. The molecule has 0 atom stereocenters. The molecule has 0 heterocycles. The standard InChI is InChI=1S/C13H16BrNO2/c1-10(16)5-6-13(17)15-8-7-11-3-2-4-12(14)9-11/h2-4,9H,5-8H2,1H3,(H,15,17). The maximum absolute atomic E-state index is 11.3. The predicted octanol–water partition coefficient (Wildman–Crippen LogP) is 2.48. The van der Waals surface area contributed by atoms with Crippen LogP contribution < -0.4 is 5.32 Å². The molecule has 0 saturated carbocycles. The van der Waals surface area contributed by atoms with E-state index in [1.165, 1.54) is 12.5 Å². The van der Waals surface area contributed by atoms with Crippen LogP contribution in [0.5, 0.6) is 0 Å². The Bertz CT molecular complexity index is 404. The third kappa shape index (κ3) is 6.22. The molecule has 1 rings (SSSR count). The molecule has 0 bridgehead atoms. The van der Waals surface area contributed by atoms with E-state index in [0.717, 1.165) is 10.9 Å². The highest BCUT2D eigenvalue weighted by Gasteiger charge is 2.02. The average Bonchev–Trinajstić information content (AvgIpc) is 2.26. The number of ketones is 1. The summed E-state index contributed by atoms with van der Waals surface area (Å²) in [6.07, 6.45) is 1.40. The van der Waals surface area contributed by atoms with Crippen LogP contribution in [0.4, 0.5) is 0 Å². The molecule has 0 unspecified atom stereocenters. The first kappa shape index (κ1) is 13.9. The van der Waals surface area contributed by atoms with Crippen LogP contribution >= 0.6 is 15.9 Å². The highest BCUT2D eigenvalue weighted by atomic mass is 79.9. The number of hydrogen-bond donors (Lipinski definition) is 1. The summed E-state index contributed by atoms with van der Waals surface area (Å²) in [6.45, 7) is 2.10. The van der Waals surface area contributed by atoms with Gasteiger partial charge in [-0.25, -0.2) is 0 Å². The second-order valence-electron chi connectivity index (χ2n) is 3.93. The number of carbonyl (C=O) groups excluding carboxylic acids is 2. The van der Waals surface area contributed by atoms with Crippen molar-refractivity contribution >= 4 is 27.6 Å². The minimum absolute atomic E-state index is 0.0483. The van der Waals surface area contributed by atoms with Gasteiger partial charge >= 0.3 is 0 Å². The van der Waals surface area contributed by atoms with Crippen LogP contribution in [0.25, 0.3) is 0 Å². The number of Topliss-reactive ketones (excluding diaryl/α,β-unsaturated/α-hetero) is 1. The molecule has 0 radical (unpaired) electrons. The maximum atomic E-state index is 11.3. The largest absolute Gasteiger partial charge is 0.356 e. The number of carbonyl (C=O) groups is 2. The number of rotatable bonds is 6. The van der Waals surface area contributed by atoms with Crippen molar-refractivity contribution in [2.75, 3.05) is 6.54 Å². The van der Waals surface area contributed by atoms with Gasteiger partial charge in [-0.1, -0.05) is 28.1 Å². The Morgan fingerprint density at radius 3 is 2.71 bits per heavy atom. The molecule has 1 aromatic carbocycles. The highest BCUT2D eigenvalue weighted by Crippen LogP contribution is 2.11. The fourth-order valence-electron chi connectivity index (χ4n) is 1.42. The van der Waals surface area contributed by atoms with Crippen LogP contribution in [0.3, 0.4) is 0 Å². The van der Waals surface area contributed by atoms with E-state index in [-0.39, 0.29) is 18.1 Å². The normalized spacial score (nSPS) is 10.0. The van der Waals surface area contributed by atoms with Crippen molar-refractivity contribution in [1.29, 1.82) is 0 Å². The zero-order valence-electron chi connectivity index (χ0n) is 9.83. The summed E-state index contributed by atoms with van der Waals surface area (Å²) in [4.78, 5) is 22.0. The lowest BCUT2D eigenvalue weighted by Gasteiger charge is -2.05. The van der Waals surface area contributed by atoms with E-state index in [9.17, 15) is 9.59 Å². The third-order valence-corrected chi connectivity index (χ3v) is 2.82. The Morgan fingerprint density at radius 2 is 2.06 bits per heavy atom. The number of halogens is 1. The van der Waals surface area contributed by atoms with Gasteiger partial charge in [0, 0.05) is 23.9 Å². The molecular formula is C13H16BrNO2. The quantitative estimate of drug-likeness (QED) is 0.877. The van der Waals surface area contributed by atoms with Crippen molar-refractivity contribution in [3.8, 4) is 0 Å². The van der Waals surface area contributed by atoms with Crippen LogP contribution in [0.15, 0.2) is 28.7 Å². The van der Waals surface area contributed by atoms with Crippen LogP contribution in [0, 0.1) is 0 Å². The van der Waals surface area contributed by atoms with Crippen molar-refractivity contribution in [2.24, 2.45) is 0 Å². The highest BCUT2D eigenvalue weighted by molar-refractivity contribution is 9.10. The van der Waals surface area contributed by atoms with Crippen LogP contribution in [-0.2, 0) is 16.0 Å². The summed E-state index contributed by atoms with van der Waals surface area (Å²) in [5.41, 5.74) is 1.17. The minimum Gasteiger partial charge on any atom is -0.356 e. The first-order valence-electron chi connectivity index (χ1n) is 5.58. The molecule has 17 heavy (non-hydrogen) atoms. The molecule has 92 valence electrons. The Hall–Kier alpha value is -1.16. The monoisotopic (exact) mass is 297 g/mol. The number of amides is 1. The van der Waals surface area contributed by atoms with Crippen molar-refractivity contribution in [2.45, 2.75) is 26.2 Å². The maximum Gasteiger partial charge on any atom is 0.220 e. The van der Waals surface area contributed by atoms with E-state index in [0.29, 0.717) is 13.0 Å². The number of benzene rings is 1. The summed E-state index contributed by atoms with van der Waals surface area (Å²) >= 11 is 3.40. The molecule has 0 aliphatic carbocycles. The lowest BCUT2D eigenvalue weighted by atomic mass is 10.1. The molecular weight excluding hydrogens is 282 g/mol. The molecule has 0 aromatic heterocycles. The van der Waals surface area contributed by atoms with E-state index in [1.807, 2.05) is 24.3 Å². The SMILES string of the molecule is CC(=O)CCC(=O)NCCc1cccc(Br)c1. The molecule has 1 aromatic rings. The van der Waals surface area contributed by atoms with Gasteiger partial charge in [0.2, 0.25) is 5.91 Å². The molecule has 1 N–H and O–H groups in total. The van der Waals surface area contributed by atoms with Gasteiger partial charge in [0.25, 0.3) is 0 Å². The minimum atomic E-state index is -0.0600. The van der Waals surface area contributed by atoms with Gasteiger partial charge in [-0.05, 0) is 31.0 Å².